The third kappa shape index (κ3) is 4.80. The molecule has 1 aromatic heterocycles. The van der Waals surface area contributed by atoms with E-state index in [-0.39, 0.29) is 16.3 Å². The predicted molar refractivity (Wildman–Crippen MR) is 120 cm³/mol. The molecular formula is C22H20ClN5O3. The number of nitrogens with one attached hydrogen (secondary N) is 1. The molecule has 8 nitrogen and oxygen atoms in total. The highest BCUT2D eigenvalue weighted by atomic mass is 35.5. The molecule has 1 N–H and O–H groups in total. The number of aromatic nitrogens is 2. The van der Waals surface area contributed by atoms with Gasteiger partial charge in [0.1, 0.15) is 5.02 Å². The highest BCUT2D eigenvalue weighted by molar-refractivity contribution is 6.32. The molecule has 0 bridgehead atoms. The fourth-order valence-electron chi connectivity index (χ4n) is 3.49. The van der Waals surface area contributed by atoms with Crippen molar-refractivity contribution in [2.75, 3.05) is 23.3 Å². The van der Waals surface area contributed by atoms with Crippen LogP contribution in [-0.4, -0.2) is 34.1 Å². The number of hydrogen-bond acceptors (Lipinski definition) is 6. The summed E-state index contributed by atoms with van der Waals surface area (Å²) in [6, 6.07) is 15.0. The summed E-state index contributed by atoms with van der Waals surface area (Å²) in [6.45, 7) is 2.03. The Morgan fingerprint density at radius 2 is 1.74 bits per heavy atom. The van der Waals surface area contributed by atoms with Crippen LogP contribution in [0.2, 0.25) is 5.02 Å². The molecule has 4 rings (SSSR count). The van der Waals surface area contributed by atoms with Crippen LogP contribution in [-0.2, 0) is 0 Å². The summed E-state index contributed by atoms with van der Waals surface area (Å²) in [7, 11) is 0. The first-order chi connectivity index (χ1) is 15.0. The smallest absolute Gasteiger partial charge is 0.288 e. The highest BCUT2D eigenvalue weighted by Crippen LogP contribution is 2.26. The topological polar surface area (TPSA) is 101 Å². The summed E-state index contributed by atoms with van der Waals surface area (Å²) >= 11 is 5.80. The molecule has 2 heterocycles. The predicted octanol–water partition coefficient (Wildman–Crippen LogP) is 4.95. The van der Waals surface area contributed by atoms with Gasteiger partial charge in [-0.1, -0.05) is 23.7 Å². The third-order valence-electron chi connectivity index (χ3n) is 5.17. The lowest BCUT2D eigenvalue weighted by Crippen LogP contribution is -2.30. The van der Waals surface area contributed by atoms with Gasteiger partial charge in [0.15, 0.2) is 5.82 Å². The van der Waals surface area contributed by atoms with Gasteiger partial charge in [0.05, 0.1) is 10.6 Å². The second kappa shape index (κ2) is 9.09. The molecule has 1 fully saturated rings. The Labute approximate surface area is 184 Å². The first-order valence-electron chi connectivity index (χ1n) is 9.96. The van der Waals surface area contributed by atoms with Crippen molar-refractivity contribution < 1.29 is 9.72 Å². The van der Waals surface area contributed by atoms with E-state index in [0.29, 0.717) is 5.69 Å². The van der Waals surface area contributed by atoms with Gasteiger partial charge in [-0.05, 0) is 55.7 Å². The van der Waals surface area contributed by atoms with Gasteiger partial charge in [-0.3, -0.25) is 14.9 Å². The number of nitro groups is 1. The van der Waals surface area contributed by atoms with E-state index in [2.05, 4.69) is 20.4 Å². The van der Waals surface area contributed by atoms with E-state index in [9.17, 15) is 14.9 Å². The van der Waals surface area contributed by atoms with Gasteiger partial charge in [0, 0.05) is 36.0 Å². The van der Waals surface area contributed by atoms with Crippen molar-refractivity contribution in [2.45, 2.75) is 19.3 Å². The van der Waals surface area contributed by atoms with Gasteiger partial charge in [-0.2, -0.15) is 0 Å². The summed E-state index contributed by atoms with van der Waals surface area (Å²) in [5.74, 6) is 0.433. The summed E-state index contributed by atoms with van der Waals surface area (Å²) in [4.78, 5) is 25.1. The lowest BCUT2D eigenvalue weighted by Gasteiger charge is -2.27. The zero-order valence-corrected chi connectivity index (χ0v) is 17.4. The molecule has 0 unspecified atom stereocenters. The van der Waals surface area contributed by atoms with Crippen molar-refractivity contribution >= 4 is 34.7 Å². The number of benzene rings is 2. The molecule has 3 aromatic rings. The molecule has 2 aromatic carbocycles. The molecule has 1 aliphatic rings. The number of piperidine rings is 1. The highest BCUT2D eigenvalue weighted by Gasteiger charge is 2.17. The van der Waals surface area contributed by atoms with Crippen molar-refractivity contribution in [1.82, 2.24) is 10.2 Å². The number of nitro benzene ring substituents is 1. The summed E-state index contributed by atoms with van der Waals surface area (Å²) < 4.78 is 0. The average molecular weight is 438 g/mol. The van der Waals surface area contributed by atoms with E-state index < -0.39 is 10.8 Å². The SMILES string of the molecule is O=C(Nc1ccc(-c2ccc(N3CCCCC3)nn2)cc1)c1ccc(Cl)c([N+](=O)[O-])c1. The van der Waals surface area contributed by atoms with Crippen LogP contribution >= 0.6 is 11.6 Å². The van der Waals surface area contributed by atoms with Crippen LogP contribution in [0.25, 0.3) is 11.3 Å². The van der Waals surface area contributed by atoms with Crippen molar-refractivity contribution in [1.29, 1.82) is 0 Å². The van der Waals surface area contributed by atoms with Crippen LogP contribution in [0.15, 0.2) is 54.6 Å². The Hall–Kier alpha value is -3.52. The van der Waals surface area contributed by atoms with E-state index in [1.165, 1.54) is 31.4 Å². The average Bonchev–Trinajstić information content (AvgIpc) is 2.80. The number of rotatable bonds is 5. The number of carbonyl (C=O) groups is 1. The van der Waals surface area contributed by atoms with Crippen LogP contribution in [0, 0.1) is 10.1 Å². The van der Waals surface area contributed by atoms with Crippen molar-refractivity contribution in [2.24, 2.45) is 0 Å². The van der Waals surface area contributed by atoms with Gasteiger partial charge in [0.2, 0.25) is 0 Å². The maximum atomic E-state index is 12.4. The second-order valence-corrected chi connectivity index (χ2v) is 7.69. The largest absolute Gasteiger partial charge is 0.355 e. The molecule has 1 saturated heterocycles. The Morgan fingerprint density at radius 3 is 2.39 bits per heavy atom. The minimum Gasteiger partial charge on any atom is -0.355 e. The number of halogens is 1. The van der Waals surface area contributed by atoms with E-state index in [4.69, 9.17) is 11.6 Å². The van der Waals surface area contributed by atoms with Crippen LogP contribution in [0.5, 0.6) is 0 Å². The summed E-state index contributed by atoms with van der Waals surface area (Å²) in [5.41, 5.74) is 2.02. The van der Waals surface area contributed by atoms with Crippen LogP contribution in [0.3, 0.4) is 0 Å². The minimum atomic E-state index is -0.620. The Balaban J connectivity index is 1.44. The molecule has 158 valence electrons. The number of carbonyl (C=O) groups excluding carboxylic acids is 1. The molecule has 0 saturated carbocycles. The summed E-state index contributed by atoms with van der Waals surface area (Å²) in [5, 5.41) is 22.4. The molecule has 0 radical (unpaired) electrons. The molecule has 1 aliphatic heterocycles. The lowest BCUT2D eigenvalue weighted by atomic mass is 10.1. The standard InChI is InChI=1S/C22H20ClN5O3/c23-18-9-6-16(14-20(18)28(30)31)22(29)24-17-7-4-15(5-8-17)19-10-11-21(26-25-19)27-12-2-1-3-13-27/h4-11,14H,1-3,12-13H2,(H,24,29). The van der Waals surface area contributed by atoms with E-state index in [1.54, 1.807) is 12.1 Å². The molecule has 1 amide bonds. The number of anilines is 2. The Kier molecular flexibility index (Phi) is 6.08. The first kappa shape index (κ1) is 20.7. The fraction of sp³-hybridized carbons (Fsp3) is 0.227. The normalized spacial score (nSPS) is 13.6. The van der Waals surface area contributed by atoms with Gasteiger partial charge >= 0.3 is 0 Å². The summed E-state index contributed by atoms with van der Waals surface area (Å²) in [6.07, 6.45) is 3.62. The number of nitrogens with zero attached hydrogens (tertiary/aromatic N) is 4. The Bertz CT molecular complexity index is 1100. The number of hydrogen-bond donors (Lipinski definition) is 1. The van der Waals surface area contributed by atoms with Crippen LogP contribution < -0.4 is 10.2 Å². The molecule has 9 heteroatoms. The second-order valence-electron chi connectivity index (χ2n) is 7.28. The van der Waals surface area contributed by atoms with E-state index in [1.807, 2.05) is 24.3 Å². The third-order valence-corrected chi connectivity index (χ3v) is 5.49. The van der Waals surface area contributed by atoms with Gasteiger partial charge in [-0.25, -0.2) is 0 Å². The number of amides is 1. The van der Waals surface area contributed by atoms with Gasteiger partial charge < -0.3 is 10.2 Å². The van der Waals surface area contributed by atoms with Crippen molar-refractivity contribution in [3.63, 3.8) is 0 Å². The molecule has 0 atom stereocenters. The lowest BCUT2D eigenvalue weighted by molar-refractivity contribution is -0.384. The van der Waals surface area contributed by atoms with Crippen LogP contribution in [0.4, 0.5) is 17.2 Å². The van der Waals surface area contributed by atoms with E-state index in [0.717, 1.165) is 36.2 Å². The van der Waals surface area contributed by atoms with Crippen molar-refractivity contribution in [3.05, 3.63) is 75.3 Å². The monoisotopic (exact) mass is 437 g/mol. The molecule has 31 heavy (non-hydrogen) atoms. The van der Waals surface area contributed by atoms with Crippen LogP contribution in [0.1, 0.15) is 29.6 Å². The minimum absolute atomic E-state index is 0.0154. The van der Waals surface area contributed by atoms with Crippen molar-refractivity contribution in [3.8, 4) is 11.3 Å². The van der Waals surface area contributed by atoms with Gasteiger partial charge in [-0.15, -0.1) is 10.2 Å². The molecule has 0 spiro atoms. The first-order valence-corrected chi connectivity index (χ1v) is 10.3. The maximum Gasteiger partial charge on any atom is 0.288 e. The zero-order chi connectivity index (χ0) is 21.8. The van der Waals surface area contributed by atoms with E-state index >= 15 is 0 Å². The molecular weight excluding hydrogens is 418 g/mol. The fourth-order valence-corrected chi connectivity index (χ4v) is 3.68. The quantitative estimate of drug-likeness (QED) is 0.447. The zero-order valence-electron chi connectivity index (χ0n) is 16.6. The van der Waals surface area contributed by atoms with Gasteiger partial charge in [0.25, 0.3) is 11.6 Å². The maximum absolute atomic E-state index is 12.4. The Morgan fingerprint density at radius 1 is 1.00 bits per heavy atom. The molecule has 0 aliphatic carbocycles.